The molecule has 6 N–H and O–H groups in total. The average molecular weight is 941 g/mol. The quantitative estimate of drug-likeness (QED) is 0.0868. The van der Waals surface area contributed by atoms with Gasteiger partial charge in [-0.3, -0.25) is 9.59 Å². The van der Waals surface area contributed by atoms with Gasteiger partial charge < -0.3 is 50.4 Å². The van der Waals surface area contributed by atoms with E-state index in [4.69, 9.17) is 4.98 Å². The molecule has 4 saturated heterocycles. The van der Waals surface area contributed by atoms with Crippen LogP contribution in [-0.2, 0) is 9.59 Å². The summed E-state index contributed by atoms with van der Waals surface area (Å²) in [5, 5.41) is 25.9. The number of nitrogens with zero attached hydrogens (tertiary/aromatic N) is 6. The van der Waals surface area contributed by atoms with Crippen LogP contribution in [0.5, 0.6) is 0 Å². The van der Waals surface area contributed by atoms with Crippen LogP contribution in [0.4, 0.5) is 9.59 Å². The summed E-state index contributed by atoms with van der Waals surface area (Å²) in [6, 6.07) is 31.7. The summed E-state index contributed by atoms with van der Waals surface area (Å²) in [5.41, 5.74) is 6.69. The predicted molar refractivity (Wildman–Crippen MR) is 261 cm³/mol. The number of aliphatic hydroxyl groups is 2. The summed E-state index contributed by atoms with van der Waals surface area (Å²) in [4.78, 5) is 77.8. The van der Waals surface area contributed by atoms with E-state index in [1.807, 2.05) is 102 Å². The molecule has 0 radical (unpaired) electrons. The highest BCUT2D eigenvalue weighted by molar-refractivity contribution is 5.90. The second kappa shape index (κ2) is 20.5. The number of benzene rings is 4. The Bertz CT molecular complexity index is 2880. The zero-order valence-corrected chi connectivity index (χ0v) is 38.7. The van der Waals surface area contributed by atoms with Crippen LogP contribution in [0, 0.1) is 11.8 Å². The zero-order chi connectivity index (χ0) is 48.1. The number of urea groups is 2. The van der Waals surface area contributed by atoms with Crippen molar-refractivity contribution in [1.82, 2.24) is 50.2 Å². The molecule has 4 aromatic carbocycles. The number of hydrogen-bond acceptors (Lipinski definition) is 8. The van der Waals surface area contributed by atoms with Gasteiger partial charge in [-0.25, -0.2) is 19.6 Å². The Balaban J connectivity index is 0.769. The Hall–Kier alpha value is -7.74. The van der Waals surface area contributed by atoms with E-state index in [-0.39, 0.29) is 49.0 Å². The molecule has 0 saturated carbocycles. The molecule has 0 bridgehead atoms. The van der Waals surface area contributed by atoms with Crippen LogP contribution in [0.25, 0.3) is 22.4 Å². The normalized spacial score (nSPS) is 20.8. The largest absolute Gasteiger partial charge is 0.391 e. The molecule has 16 heteroatoms. The molecular weight excluding hydrogens is 885 g/mol. The van der Waals surface area contributed by atoms with Crippen molar-refractivity contribution in [3.63, 3.8) is 0 Å². The molecule has 10 rings (SSSR count). The second-order valence-electron chi connectivity index (χ2n) is 18.5. The van der Waals surface area contributed by atoms with Crippen LogP contribution in [0.3, 0.4) is 0 Å². The molecule has 0 unspecified atom stereocenters. The van der Waals surface area contributed by atoms with E-state index in [0.717, 1.165) is 53.6 Å². The van der Waals surface area contributed by atoms with Gasteiger partial charge in [-0.05, 0) is 84.4 Å². The van der Waals surface area contributed by atoms with E-state index in [9.17, 15) is 29.4 Å². The Morgan fingerprint density at radius 2 is 1.03 bits per heavy atom. The fourth-order valence-corrected chi connectivity index (χ4v) is 10.1. The standard InChI is InChI=1S/C54H56N10O6/c65-42-25-29-61(33-42)53(69)59-47(39-9-3-1-4-10-39)51(67)63-27-7-13-45(63)49-55-31-41(57-49)24-17-35-15-18-36(19-16-35)37-20-22-38(23-21-37)44-32-56-50(58-44)46-14-8-28-64(46)52(68)48(40-11-5-2-6-12-40)60-54(70)62-30-26-43(66)34-62/h1-6,9-12,15-16,18-23,31-32,42-43,45-48,65-66H,7-8,13-14,25-30,33-34H2,(H,55,57)(H,56,58)(H,59,69)(H,60,70)/t42-,43-,45+,46+,47-,48-/m1/s1. The van der Waals surface area contributed by atoms with Crippen LogP contribution in [0.15, 0.2) is 122 Å². The van der Waals surface area contributed by atoms with Crippen LogP contribution < -0.4 is 10.6 Å². The van der Waals surface area contributed by atoms with E-state index in [2.05, 4.69) is 49.6 Å². The first-order valence-electron chi connectivity index (χ1n) is 24.2. The minimum atomic E-state index is -0.887. The summed E-state index contributed by atoms with van der Waals surface area (Å²) in [7, 11) is 0. The first-order valence-corrected chi connectivity index (χ1v) is 24.2. The van der Waals surface area contributed by atoms with E-state index in [1.54, 1.807) is 27.1 Å². The molecule has 4 fully saturated rings. The molecule has 0 aliphatic carbocycles. The number of hydrogen-bond donors (Lipinski definition) is 6. The molecule has 358 valence electrons. The number of amides is 6. The van der Waals surface area contributed by atoms with Gasteiger partial charge in [0.05, 0.1) is 42.4 Å². The predicted octanol–water partition coefficient (Wildman–Crippen LogP) is 6.23. The highest BCUT2D eigenvalue weighted by Crippen LogP contribution is 2.36. The fraction of sp³-hybridized carbons (Fsp3) is 0.333. The Morgan fingerprint density at radius 3 is 1.53 bits per heavy atom. The third-order valence-electron chi connectivity index (χ3n) is 13.8. The number of β-amino-alcohol motifs (C(OH)–C–C–N with tert-alkyl or cyclic N) is 2. The lowest BCUT2D eigenvalue weighted by Crippen LogP contribution is -2.47. The Labute approximate surface area is 406 Å². The lowest BCUT2D eigenvalue weighted by Gasteiger charge is -2.30. The molecule has 0 spiro atoms. The van der Waals surface area contributed by atoms with E-state index in [0.29, 0.717) is 67.5 Å². The van der Waals surface area contributed by atoms with Gasteiger partial charge in [-0.2, -0.15) is 0 Å². The minimum absolute atomic E-state index is 0.197. The van der Waals surface area contributed by atoms with Crippen molar-refractivity contribution in [2.24, 2.45) is 0 Å². The van der Waals surface area contributed by atoms with Crippen LogP contribution in [0.2, 0.25) is 0 Å². The van der Waals surface area contributed by atoms with Gasteiger partial charge in [0.2, 0.25) is 11.8 Å². The lowest BCUT2D eigenvalue weighted by molar-refractivity contribution is -0.135. The first kappa shape index (κ1) is 46.0. The summed E-state index contributed by atoms with van der Waals surface area (Å²) < 4.78 is 0. The van der Waals surface area contributed by atoms with Gasteiger partial charge in [-0.1, -0.05) is 103 Å². The maximum absolute atomic E-state index is 14.3. The lowest BCUT2D eigenvalue weighted by atomic mass is 10.0. The van der Waals surface area contributed by atoms with Crippen LogP contribution in [0.1, 0.15) is 96.7 Å². The number of nitrogens with one attached hydrogen (secondary N) is 4. The summed E-state index contributed by atoms with van der Waals surface area (Å²) >= 11 is 0. The molecule has 6 amide bonds. The SMILES string of the molecule is O=C(N[C@@H](C(=O)N1CCC[C@H]1c1ncc(C#Cc2ccc(-c3ccc(-c4cnc([C@@H]5CCCN5C(=O)[C@H](NC(=O)N5CC[C@@H](O)C5)c5ccccc5)[nH]4)cc3)cc2)[nH]1)c1ccccc1)N1CC[C@@H](O)C1. The number of aliphatic hydroxyl groups excluding tert-OH is 2. The average Bonchev–Trinajstić information content (AvgIpc) is 4.27. The van der Waals surface area contributed by atoms with Crippen molar-refractivity contribution in [3.05, 3.63) is 156 Å². The molecule has 2 aromatic heterocycles. The molecule has 6 heterocycles. The smallest absolute Gasteiger partial charge is 0.318 e. The number of aromatic amines is 2. The van der Waals surface area contributed by atoms with Gasteiger partial charge in [0.25, 0.3) is 0 Å². The monoisotopic (exact) mass is 940 g/mol. The third kappa shape index (κ3) is 10.0. The number of likely N-dealkylation sites (tertiary alicyclic amines) is 4. The number of carbonyl (C=O) groups excluding carboxylic acids is 4. The molecule has 70 heavy (non-hydrogen) atoms. The molecule has 16 nitrogen and oxygen atoms in total. The number of H-pyrrole nitrogens is 2. The summed E-state index contributed by atoms with van der Waals surface area (Å²) in [6.45, 7) is 2.42. The van der Waals surface area contributed by atoms with Gasteiger partial charge >= 0.3 is 12.1 Å². The first-order chi connectivity index (χ1) is 34.1. The second-order valence-corrected chi connectivity index (χ2v) is 18.5. The van der Waals surface area contributed by atoms with E-state index >= 15 is 0 Å². The number of aromatic nitrogens is 4. The van der Waals surface area contributed by atoms with E-state index in [1.165, 1.54) is 0 Å². The summed E-state index contributed by atoms with van der Waals surface area (Å²) in [5.74, 6) is 7.36. The molecule has 6 aromatic rings. The molecule has 4 aliphatic rings. The fourth-order valence-electron chi connectivity index (χ4n) is 10.1. The molecule has 4 aliphatic heterocycles. The van der Waals surface area contributed by atoms with Crippen molar-refractivity contribution in [2.45, 2.75) is 74.9 Å². The van der Waals surface area contributed by atoms with E-state index < -0.39 is 24.3 Å². The minimum Gasteiger partial charge on any atom is -0.391 e. The topological polar surface area (TPSA) is 203 Å². The van der Waals surface area contributed by atoms with Gasteiger partial charge in [0.1, 0.15) is 29.4 Å². The van der Waals surface area contributed by atoms with Crippen LogP contribution in [-0.4, -0.2) is 125 Å². The number of rotatable bonds is 10. The van der Waals surface area contributed by atoms with Gasteiger partial charge in [-0.15, -0.1) is 0 Å². The third-order valence-corrected chi connectivity index (χ3v) is 13.8. The number of carbonyl (C=O) groups is 4. The maximum atomic E-state index is 14.3. The van der Waals surface area contributed by atoms with Crippen LogP contribution >= 0.6 is 0 Å². The Morgan fingerprint density at radius 1 is 0.557 bits per heavy atom. The van der Waals surface area contributed by atoms with Crippen molar-refractivity contribution < 1.29 is 29.4 Å². The molecule has 6 atom stereocenters. The van der Waals surface area contributed by atoms with Gasteiger partial charge in [0, 0.05) is 44.8 Å². The van der Waals surface area contributed by atoms with Crippen molar-refractivity contribution in [1.29, 1.82) is 0 Å². The summed E-state index contributed by atoms with van der Waals surface area (Å²) in [6.07, 6.45) is 6.44. The zero-order valence-electron chi connectivity index (χ0n) is 38.7. The van der Waals surface area contributed by atoms with Gasteiger partial charge in [0.15, 0.2) is 0 Å². The van der Waals surface area contributed by atoms with Crippen molar-refractivity contribution in [2.75, 3.05) is 39.3 Å². The molecular formula is C54H56N10O6. The van der Waals surface area contributed by atoms with Crippen molar-refractivity contribution >= 4 is 23.9 Å². The van der Waals surface area contributed by atoms with Crippen molar-refractivity contribution in [3.8, 4) is 34.2 Å². The highest BCUT2D eigenvalue weighted by atomic mass is 16.3. The Kier molecular flexibility index (Phi) is 13.5. The highest BCUT2D eigenvalue weighted by Gasteiger charge is 2.40. The number of imidazole rings is 2. The maximum Gasteiger partial charge on any atom is 0.318 e.